The van der Waals surface area contributed by atoms with E-state index in [-0.39, 0.29) is 5.97 Å². The van der Waals surface area contributed by atoms with Gasteiger partial charge in [-0.25, -0.2) is 4.79 Å². The Hall–Kier alpha value is -1.55. The van der Waals surface area contributed by atoms with Crippen molar-refractivity contribution in [1.29, 1.82) is 0 Å². The summed E-state index contributed by atoms with van der Waals surface area (Å²) in [6, 6.07) is 6.30. The molecule has 3 nitrogen and oxygen atoms in total. The first kappa shape index (κ1) is 19.2. The summed E-state index contributed by atoms with van der Waals surface area (Å²) in [7, 11) is 0. The molecule has 0 bridgehead atoms. The molecule has 2 aromatic rings. The second kappa shape index (κ2) is 9.40. The minimum Gasteiger partial charge on any atom is -0.479 e. The summed E-state index contributed by atoms with van der Waals surface area (Å²) in [4.78, 5) is 13.8. The number of esters is 1. The summed E-state index contributed by atoms with van der Waals surface area (Å²) in [5, 5.41) is 1.37. The van der Waals surface area contributed by atoms with Gasteiger partial charge in [0.25, 0.3) is 0 Å². The van der Waals surface area contributed by atoms with E-state index in [2.05, 4.69) is 19.1 Å². The van der Waals surface area contributed by atoms with Crippen LogP contribution in [0.15, 0.2) is 18.2 Å². The van der Waals surface area contributed by atoms with E-state index < -0.39 is 6.10 Å². The van der Waals surface area contributed by atoms with Crippen LogP contribution < -0.4 is 4.74 Å². The molecule has 0 fully saturated rings. The monoisotopic (exact) mass is 374 g/mol. The predicted molar refractivity (Wildman–Crippen MR) is 108 cm³/mol. The quantitative estimate of drug-likeness (QED) is 0.395. The van der Waals surface area contributed by atoms with Crippen LogP contribution in [0.3, 0.4) is 0 Å². The molecule has 0 amide bonds. The van der Waals surface area contributed by atoms with Crippen molar-refractivity contribution in [3.63, 3.8) is 0 Å². The summed E-state index contributed by atoms with van der Waals surface area (Å²) in [6.07, 6.45) is 9.71. The number of fused-ring (bicyclic) bond motifs is 3. The Morgan fingerprint density at radius 1 is 1.15 bits per heavy atom. The second-order valence-electron chi connectivity index (χ2n) is 7.08. The summed E-state index contributed by atoms with van der Waals surface area (Å²) in [5.41, 5.74) is 1.53. The minimum atomic E-state index is -0.501. The highest BCUT2D eigenvalue weighted by atomic mass is 32.1. The zero-order chi connectivity index (χ0) is 18.4. The van der Waals surface area contributed by atoms with E-state index in [0.29, 0.717) is 6.61 Å². The summed E-state index contributed by atoms with van der Waals surface area (Å²) in [5.74, 6) is 0.541. The van der Waals surface area contributed by atoms with Gasteiger partial charge in [0.05, 0.1) is 6.61 Å². The maximum atomic E-state index is 12.3. The van der Waals surface area contributed by atoms with Crippen molar-refractivity contribution >= 4 is 27.4 Å². The van der Waals surface area contributed by atoms with Gasteiger partial charge in [0.1, 0.15) is 5.75 Å². The van der Waals surface area contributed by atoms with Crippen LogP contribution in [0.2, 0.25) is 0 Å². The smallest absolute Gasteiger partial charge is 0.347 e. The zero-order valence-electron chi connectivity index (χ0n) is 16.0. The molecule has 4 heteroatoms. The average molecular weight is 375 g/mol. The first-order valence-electron chi connectivity index (χ1n) is 10.1. The van der Waals surface area contributed by atoms with Gasteiger partial charge in [0.15, 0.2) is 6.10 Å². The SMILES string of the molecule is CCCCCCC(Oc1ccc2c3c(sc2c1)CCCC3)C(=O)OCC. The van der Waals surface area contributed by atoms with E-state index in [4.69, 9.17) is 9.47 Å². The van der Waals surface area contributed by atoms with E-state index >= 15 is 0 Å². The van der Waals surface area contributed by atoms with Crippen molar-refractivity contribution in [3.8, 4) is 5.75 Å². The number of hydrogen-bond donors (Lipinski definition) is 0. The number of ether oxygens (including phenoxy) is 2. The standard InChI is InChI=1S/C22H30O3S/c1-3-5-6-7-11-19(22(23)24-4-2)25-16-13-14-18-17-10-8-9-12-20(17)26-21(18)15-16/h13-15,19H,3-12H2,1-2H3. The summed E-state index contributed by atoms with van der Waals surface area (Å²) < 4.78 is 12.6. The van der Waals surface area contributed by atoms with Crippen LogP contribution in [0.4, 0.5) is 0 Å². The fourth-order valence-corrected chi connectivity index (χ4v) is 5.02. The predicted octanol–water partition coefficient (Wildman–Crippen LogP) is 6.06. The Morgan fingerprint density at radius 3 is 2.81 bits per heavy atom. The molecule has 1 aromatic carbocycles. The zero-order valence-corrected chi connectivity index (χ0v) is 16.8. The van der Waals surface area contributed by atoms with Crippen molar-refractivity contribution in [2.45, 2.75) is 77.7 Å². The van der Waals surface area contributed by atoms with Crippen molar-refractivity contribution < 1.29 is 14.3 Å². The number of hydrogen-bond acceptors (Lipinski definition) is 4. The Balaban J connectivity index is 1.73. The summed E-state index contributed by atoms with van der Waals surface area (Å²) in [6.45, 7) is 4.42. The first-order chi connectivity index (χ1) is 12.7. The van der Waals surface area contributed by atoms with E-state index in [0.717, 1.165) is 25.0 Å². The molecule has 1 aromatic heterocycles. The molecule has 3 rings (SSSR count). The van der Waals surface area contributed by atoms with Gasteiger partial charge in [-0.05, 0) is 74.6 Å². The molecule has 1 aliphatic carbocycles. The van der Waals surface area contributed by atoms with Crippen molar-refractivity contribution in [2.75, 3.05) is 6.61 Å². The van der Waals surface area contributed by atoms with E-state index in [1.807, 2.05) is 24.3 Å². The molecule has 0 saturated carbocycles. The van der Waals surface area contributed by atoms with Gasteiger partial charge in [-0.3, -0.25) is 0 Å². The molecule has 0 N–H and O–H groups in total. The fraction of sp³-hybridized carbons (Fsp3) is 0.591. The molecule has 142 valence electrons. The maximum Gasteiger partial charge on any atom is 0.347 e. The number of carbonyl (C=O) groups is 1. The lowest BCUT2D eigenvalue weighted by atomic mass is 9.96. The molecule has 0 spiro atoms. The van der Waals surface area contributed by atoms with Gasteiger partial charge in [-0.15, -0.1) is 11.3 Å². The molecular weight excluding hydrogens is 344 g/mol. The second-order valence-corrected chi connectivity index (χ2v) is 8.21. The molecule has 26 heavy (non-hydrogen) atoms. The van der Waals surface area contributed by atoms with E-state index in [1.54, 1.807) is 0 Å². The number of benzene rings is 1. The number of thiophene rings is 1. The minimum absolute atomic E-state index is 0.241. The third-order valence-electron chi connectivity index (χ3n) is 5.08. The Morgan fingerprint density at radius 2 is 2.00 bits per heavy atom. The molecule has 1 heterocycles. The number of aryl methyl sites for hydroxylation is 2. The van der Waals surface area contributed by atoms with Crippen molar-refractivity contribution in [3.05, 3.63) is 28.6 Å². The Labute approximate surface area is 160 Å². The van der Waals surface area contributed by atoms with Crippen LogP contribution in [0.25, 0.3) is 10.1 Å². The normalized spacial score (nSPS) is 14.8. The molecule has 1 aliphatic rings. The number of carbonyl (C=O) groups excluding carboxylic acids is 1. The van der Waals surface area contributed by atoms with Gasteiger partial charge in [0.2, 0.25) is 0 Å². The lowest BCUT2D eigenvalue weighted by molar-refractivity contribution is -0.151. The lowest BCUT2D eigenvalue weighted by Crippen LogP contribution is -2.29. The highest BCUT2D eigenvalue weighted by Gasteiger charge is 2.22. The van der Waals surface area contributed by atoms with Crippen LogP contribution in [0, 0.1) is 0 Å². The molecular formula is C22H30O3S. The number of unbranched alkanes of at least 4 members (excludes halogenated alkanes) is 3. The van der Waals surface area contributed by atoms with Gasteiger partial charge >= 0.3 is 5.97 Å². The highest BCUT2D eigenvalue weighted by Crippen LogP contribution is 2.38. The van der Waals surface area contributed by atoms with E-state index in [9.17, 15) is 4.79 Å². The van der Waals surface area contributed by atoms with Crippen LogP contribution >= 0.6 is 11.3 Å². The summed E-state index contributed by atoms with van der Waals surface area (Å²) >= 11 is 1.89. The van der Waals surface area contributed by atoms with E-state index in [1.165, 1.54) is 59.1 Å². The average Bonchev–Trinajstić information content (AvgIpc) is 3.02. The third-order valence-corrected chi connectivity index (χ3v) is 6.33. The largest absolute Gasteiger partial charge is 0.479 e. The lowest BCUT2D eigenvalue weighted by Gasteiger charge is -2.18. The molecule has 0 saturated heterocycles. The van der Waals surface area contributed by atoms with Crippen LogP contribution in [0.1, 0.15) is 69.2 Å². The third kappa shape index (κ3) is 4.59. The van der Waals surface area contributed by atoms with Crippen molar-refractivity contribution in [2.24, 2.45) is 0 Å². The maximum absolute atomic E-state index is 12.3. The molecule has 0 radical (unpaired) electrons. The Kier molecular flexibility index (Phi) is 6.95. The van der Waals surface area contributed by atoms with Gasteiger partial charge in [0, 0.05) is 9.58 Å². The van der Waals surface area contributed by atoms with Crippen LogP contribution in [-0.2, 0) is 22.4 Å². The fourth-order valence-electron chi connectivity index (χ4n) is 3.70. The molecule has 1 unspecified atom stereocenters. The molecule has 0 aliphatic heterocycles. The first-order valence-corrected chi connectivity index (χ1v) is 10.9. The topological polar surface area (TPSA) is 35.5 Å². The van der Waals surface area contributed by atoms with Gasteiger partial charge in [-0.1, -0.05) is 26.2 Å². The van der Waals surface area contributed by atoms with Gasteiger partial charge in [-0.2, -0.15) is 0 Å². The number of rotatable bonds is 9. The van der Waals surface area contributed by atoms with Crippen molar-refractivity contribution in [1.82, 2.24) is 0 Å². The van der Waals surface area contributed by atoms with Gasteiger partial charge < -0.3 is 9.47 Å². The van der Waals surface area contributed by atoms with Crippen LogP contribution in [-0.4, -0.2) is 18.7 Å². The Bertz CT molecular complexity index is 734. The molecule has 1 atom stereocenters. The highest BCUT2D eigenvalue weighted by molar-refractivity contribution is 7.19. The van der Waals surface area contributed by atoms with Crippen LogP contribution in [0.5, 0.6) is 5.75 Å².